The molecular weight excluding hydrogens is 284 g/mol. The molecule has 1 aromatic rings. The highest BCUT2D eigenvalue weighted by Crippen LogP contribution is 2.22. The number of aliphatic hydroxyl groups excluding tert-OH is 1. The molecule has 19 heavy (non-hydrogen) atoms. The van der Waals surface area contributed by atoms with Crippen LogP contribution in [-0.4, -0.2) is 36.8 Å². The highest BCUT2D eigenvalue weighted by molar-refractivity contribution is 7.14. The van der Waals surface area contributed by atoms with Gasteiger partial charge in [-0.15, -0.1) is 23.7 Å². The molecule has 1 aliphatic rings. The molecule has 1 aliphatic heterocycles. The number of β-amino-alcohol motifs (C(OH)–C–C–N with tert-alkyl or cyclic N) is 1. The number of hydrogen-bond acceptors (Lipinski definition) is 4. The van der Waals surface area contributed by atoms with E-state index in [4.69, 9.17) is 0 Å². The summed E-state index contributed by atoms with van der Waals surface area (Å²) in [5.74, 6) is 0.0996. The van der Waals surface area contributed by atoms with Crippen LogP contribution in [0.25, 0.3) is 0 Å². The number of carbonyl (C=O) groups is 1. The van der Waals surface area contributed by atoms with Gasteiger partial charge in [0.1, 0.15) is 0 Å². The summed E-state index contributed by atoms with van der Waals surface area (Å²) in [6.07, 6.45) is 0.613. The topological polar surface area (TPSA) is 61.4 Å². The van der Waals surface area contributed by atoms with Crippen LogP contribution < -0.4 is 10.6 Å². The normalized spacial score (nSPS) is 22.1. The van der Waals surface area contributed by atoms with Crippen molar-refractivity contribution in [1.82, 2.24) is 10.6 Å². The lowest BCUT2D eigenvalue weighted by atomic mass is 10.1. The van der Waals surface area contributed by atoms with Gasteiger partial charge in [-0.05, 0) is 25.0 Å². The zero-order valence-electron chi connectivity index (χ0n) is 11.2. The lowest BCUT2D eigenvalue weighted by Crippen LogP contribution is -2.34. The van der Waals surface area contributed by atoms with Gasteiger partial charge in [-0.1, -0.05) is 6.92 Å². The number of thiophene rings is 1. The fraction of sp³-hybridized carbons (Fsp3) is 0.615. The standard InChI is InChI=1S/C13H20N2O2S.ClH/c1-3-9-4-12(18-8(9)2)13(17)15-6-10-5-14-7-11(10)16;/h4,10-11,14,16H,3,5-7H2,1-2H3,(H,15,17);1H. The van der Waals surface area contributed by atoms with Crippen LogP contribution in [-0.2, 0) is 6.42 Å². The highest BCUT2D eigenvalue weighted by Gasteiger charge is 2.25. The largest absolute Gasteiger partial charge is 0.391 e. The van der Waals surface area contributed by atoms with Crippen molar-refractivity contribution in [3.05, 3.63) is 21.4 Å². The molecular formula is C13H21ClN2O2S. The van der Waals surface area contributed by atoms with Crippen LogP contribution in [0.15, 0.2) is 6.07 Å². The van der Waals surface area contributed by atoms with E-state index >= 15 is 0 Å². The zero-order valence-corrected chi connectivity index (χ0v) is 12.9. The average molecular weight is 305 g/mol. The van der Waals surface area contributed by atoms with Gasteiger partial charge >= 0.3 is 0 Å². The third-order valence-corrected chi connectivity index (χ3v) is 4.55. The van der Waals surface area contributed by atoms with Crippen LogP contribution in [0.3, 0.4) is 0 Å². The smallest absolute Gasteiger partial charge is 0.261 e. The average Bonchev–Trinajstić information content (AvgIpc) is 2.92. The SMILES string of the molecule is CCc1cc(C(=O)NCC2CNCC2O)sc1C.Cl. The van der Waals surface area contributed by atoms with Gasteiger partial charge in [0.05, 0.1) is 11.0 Å². The van der Waals surface area contributed by atoms with Crippen molar-refractivity contribution in [2.45, 2.75) is 26.4 Å². The third kappa shape index (κ3) is 3.92. The second-order valence-electron chi connectivity index (χ2n) is 4.74. The lowest BCUT2D eigenvalue weighted by Gasteiger charge is -2.13. The minimum atomic E-state index is -0.346. The molecule has 1 aromatic heterocycles. The van der Waals surface area contributed by atoms with Crippen molar-refractivity contribution in [2.75, 3.05) is 19.6 Å². The second-order valence-corrected chi connectivity index (χ2v) is 6.00. The number of aryl methyl sites for hydroxylation is 2. The van der Waals surface area contributed by atoms with E-state index in [-0.39, 0.29) is 30.3 Å². The Hall–Kier alpha value is -0.620. The number of halogens is 1. The van der Waals surface area contributed by atoms with Crippen molar-refractivity contribution < 1.29 is 9.90 Å². The minimum absolute atomic E-state index is 0. The van der Waals surface area contributed by atoms with Gasteiger partial charge in [0.2, 0.25) is 0 Å². The maximum atomic E-state index is 12.0. The van der Waals surface area contributed by atoms with Crippen molar-refractivity contribution in [2.24, 2.45) is 5.92 Å². The fourth-order valence-electron chi connectivity index (χ4n) is 2.22. The van der Waals surface area contributed by atoms with E-state index in [9.17, 15) is 9.90 Å². The summed E-state index contributed by atoms with van der Waals surface area (Å²) in [5, 5.41) is 15.7. The number of amides is 1. The molecule has 0 aromatic carbocycles. The van der Waals surface area contributed by atoms with Crippen LogP contribution >= 0.6 is 23.7 Å². The van der Waals surface area contributed by atoms with Gasteiger partial charge in [0, 0.05) is 30.4 Å². The molecule has 2 atom stereocenters. The monoisotopic (exact) mass is 304 g/mol. The molecule has 1 amide bonds. The Kier molecular flexibility index (Phi) is 6.26. The fourth-order valence-corrected chi connectivity index (χ4v) is 3.25. The summed E-state index contributed by atoms with van der Waals surface area (Å²) in [5.41, 5.74) is 1.24. The predicted molar refractivity (Wildman–Crippen MR) is 80.4 cm³/mol. The van der Waals surface area contributed by atoms with Crippen LogP contribution in [0.5, 0.6) is 0 Å². The van der Waals surface area contributed by atoms with Crippen LogP contribution in [0.1, 0.15) is 27.0 Å². The maximum absolute atomic E-state index is 12.0. The highest BCUT2D eigenvalue weighted by atomic mass is 35.5. The Morgan fingerprint density at radius 2 is 2.32 bits per heavy atom. The molecule has 0 saturated carbocycles. The van der Waals surface area contributed by atoms with Gasteiger partial charge in [-0.2, -0.15) is 0 Å². The number of rotatable bonds is 4. The molecule has 2 unspecified atom stereocenters. The van der Waals surface area contributed by atoms with Gasteiger partial charge < -0.3 is 15.7 Å². The van der Waals surface area contributed by atoms with E-state index in [0.717, 1.165) is 17.8 Å². The number of carbonyl (C=O) groups excluding carboxylic acids is 1. The van der Waals surface area contributed by atoms with E-state index in [0.29, 0.717) is 13.1 Å². The summed E-state index contributed by atoms with van der Waals surface area (Å²) in [6, 6.07) is 1.97. The first-order chi connectivity index (χ1) is 8.61. The van der Waals surface area contributed by atoms with Gasteiger partial charge in [-0.3, -0.25) is 4.79 Å². The second kappa shape index (κ2) is 7.24. The Bertz CT molecular complexity index is 436. The predicted octanol–water partition coefficient (Wildman–Crippen LogP) is 1.35. The summed E-state index contributed by atoms with van der Waals surface area (Å²) in [7, 11) is 0. The first-order valence-corrected chi connectivity index (χ1v) is 7.19. The molecule has 0 bridgehead atoms. The lowest BCUT2D eigenvalue weighted by molar-refractivity contribution is 0.0931. The van der Waals surface area contributed by atoms with E-state index in [1.807, 2.05) is 13.0 Å². The van der Waals surface area contributed by atoms with Crippen molar-refractivity contribution in [3.63, 3.8) is 0 Å². The maximum Gasteiger partial charge on any atom is 0.261 e. The van der Waals surface area contributed by atoms with Crippen LogP contribution in [0.2, 0.25) is 0 Å². The molecule has 108 valence electrons. The molecule has 6 heteroatoms. The van der Waals surface area contributed by atoms with Crippen LogP contribution in [0.4, 0.5) is 0 Å². The van der Waals surface area contributed by atoms with Gasteiger partial charge in [-0.25, -0.2) is 0 Å². The van der Waals surface area contributed by atoms with E-state index in [2.05, 4.69) is 17.6 Å². The summed E-state index contributed by atoms with van der Waals surface area (Å²) >= 11 is 1.54. The molecule has 0 radical (unpaired) electrons. The molecule has 2 rings (SSSR count). The van der Waals surface area contributed by atoms with E-state index in [1.54, 1.807) is 11.3 Å². The number of nitrogens with one attached hydrogen (secondary N) is 2. The summed E-state index contributed by atoms with van der Waals surface area (Å²) in [4.78, 5) is 14.0. The molecule has 0 aliphatic carbocycles. The first-order valence-electron chi connectivity index (χ1n) is 6.38. The van der Waals surface area contributed by atoms with Crippen LogP contribution in [0, 0.1) is 12.8 Å². The van der Waals surface area contributed by atoms with Crippen molar-refractivity contribution in [3.8, 4) is 0 Å². The number of hydrogen-bond donors (Lipinski definition) is 3. The Balaban J connectivity index is 0.00000180. The van der Waals surface area contributed by atoms with Crippen molar-refractivity contribution in [1.29, 1.82) is 0 Å². The molecule has 4 nitrogen and oxygen atoms in total. The molecule has 1 saturated heterocycles. The Labute approximate surface area is 124 Å². The zero-order chi connectivity index (χ0) is 13.1. The third-order valence-electron chi connectivity index (χ3n) is 3.45. The van der Waals surface area contributed by atoms with E-state index < -0.39 is 0 Å². The Morgan fingerprint density at radius 1 is 1.58 bits per heavy atom. The summed E-state index contributed by atoms with van der Waals surface area (Å²) < 4.78 is 0. The Morgan fingerprint density at radius 3 is 2.84 bits per heavy atom. The summed E-state index contributed by atoms with van der Waals surface area (Å²) in [6.45, 7) is 6.07. The van der Waals surface area contributed by atoms with E-state index in [1.165, 1.54) is 10.4 Å². The quantitative estimate of drug-likeness (QED) is 0.787. The van der Waals surface area contributed by atoms with Gasteiger partial charge in [0.15, 0.2) is 0 Å². The molecule has 3 N–H and O–H groups in total. The van der Waals surface area contributed by atoms with Crippen molar-refractivity contribution >= 4 is 29.7 Å². The number of aliphatic hydroxyl groups is 1. The first kappa shape index (κ1) is 16.4. The minimum Gasteiger partial charge on any atom is -0.391 e. The molecule has 1 fully saturated rings. The molecule has 2 heterocycles. The molecule has 0 spiro atoms. The van der Waals surface area contributed by atoms with Gasteiger partial charge in [0.25, 0.3) is 5.91 Å².